The molecule has 1 aliphatic carbocycles. The molecule has 7 heteroatoms. The summed E-state index contributed by atoms with van der Waals surface area (Å²) in [5.41, 5.74) is 3.26. The van der Waals surface area contributed by atoms with Crippen molar-refractivity contribution in [2.45, 2.75) is 109 Å². The normalized spacial score (nSPS) is 22.8. The van der Waals surface area contributed by atoms with E-state index in [0.717, 1.165) is 101 Å². The molecular weight excluding hydrogens is 492 g/mol. The number of amides is 1. The summed E-state index contributed by atoms with van der Waals surface area (Å²) in [5.74, 6) is 2.24. The fraction of sp³-hybridized carbons (Fsp3) is 0.688. The van der Waals surface area contributed by atoms with Gasteiger partial charge in [0.2, 0.25) is 5.91 Å². The summed E-state index contributed by atoms with van der Waals surface area (Å²) in [6, 6.07) is 4.08. The van der Waals surface area contributed by atoms with Crippen LogP contribution in [-0.4, -0.2) is 53.7 Å². The number of rotatable bonds is 15. The zero-order chi connectivity index (χ0) is 28.2. The number of nitrogens with zero attached hydrogens (tertiary/aromatic N) is 2. The highest BCUT2D eigenvalue weighted by molar-refractivity contribution is 5.88. The number of aliphatic hydroxyl groups excluding tert-OH is 1. The molecule has 218 valence electrons. The molecule has 0 unspecified atom stereocenters. The van der Waals surface area contributed by atoms with Gasteiger partial charge in [0.05, 0.1) is 32.1 Å². The van der Waals surface area contributed by atoms with Crippen LogP contribution in [0.1, 0.15) is 108 Å². The number of oxime groups is 1. The van der Waals surface area contributed by atoms with E-state index in [0.29, 0.717) is 18.1 Å². The first-order valence-corrected chi connectivity index (χ1v) is 15.0. The van der Waals surface area contributed by atoms with Crippen LogP contribution < -0.4 is 9.47 Å². The van der Waals surface area contributed by atoms with E-state index in [9.17, 15) is 15.1 Å². The topological polar surface area (TPSA) is 91.6 Å². The number of carbonyl (C=O) groups excluding carboxylic acids is 1. The van der Waals surface area contributed by atoms with Crippen LogP contribution >= 0.6 is 0 Å². The molecule has 1 aromatic rings. The Morgan fingerprint density at radius 2 is 1.85 bits per heavy atom. The second-order valence-electron chi connectivity index (χ2n) is 11.2. The van der Waals surface area contributed by atoms with Crippen molar-refractivity contribution >= 4 is 11.6 Å². The van der Waals surface area contributed by atoms with E-state index in [1.165, 1.54) is 5.56 Å². The number of unbranched alkanes of at least 4 members (excludes halogenated alkanes) is 5. The van der Waals surface area contributed by atoms with Gasteiger partial charge in [0.1, 0.15) is 0 Å². The smallest absolute Gasteiger partial charge is 0.223 e. The quantitative estimate of drug-likeness (QED) is 0.110. The van der Waals surface area contributed by atoms with Crippen LogP contribution in [0.4, 0.5) is 0 Å². The third-order valence-electron chi connectivity index (χ3n) is 8.65. The van der Waals surface area contributed by atoms with E-state index in [2.05, 4.69) is 25.1 Å². The zero-order valence-corrected chi connectivity index (χ0v) is 24.5. The van der Waals surface area contributed by atoms with Gasteiger partial charge in [-0.3, -0.25) is 4.79 Å². The molecule has 0 saturated heterocycles. The van der Waals surface area contributed by atoms with Gasteiger partial charge in [-0.05, 0) is 74.6 Å². The maximum absolute atomic E-state index is 13.1. The Labute approximate surface area is 235 Å². The second kappa shape index (κ2) is 15.9. The van der Waals surface area contributed by atoms with Crippen molar-refractivity contribution in [3.8, 4) is 11.5 Å². The molecule has 1 amide bonds. The lowest BCUT2D eigenvalue weighted by Gasteiger charge is -2.36. The maximum atomic E-state index is 13.1. The van der Waals surface area contributed by atoms with Crippen molar-refractivity contribution in [3.05, 3.63) is 35.4 Å². The van der Waals surface area contributed by atoms with E-state index in [1.54, 1.807) is 14.2 Å². The molecule has 0 aromatic heterocycles. The predicted octanol–water partition coefficient (Wildman–Crippen LogP) is 6.84. The summed E-state index contributed by atoms with van der Waals surface area (Å²) in [6.45, 7) is 5.00. The monoisotopic (exact) mass is 542 g/mol. The van der Waals surface area contributed by atoms with Gasteiger partial charge in [0.15, 0.2) is 11.5 Å². The summed E-state index contributed by atoms with van der Waals surface area (Å²) in [5, 5.41) is 23.4. The zero-order valence-electron chi connectivity index (χ0n) is 24.5. The SMILES string of the molecule is CCCCC[C@H](O)/C=C/[C@H]1CC/C(=N\O)[C@@H]1CCCCCCC(=O)N1CCc2cc(OC)c(OC)cc2[C@@H]1C. The number of aliphatic hydroxyl groups is 1. The molecule has 2 N–H and O–H groups in total. The lowest BCUT2D eigenvalue weighted by Crippen LogP contribution is -2.38. The Balaban J connectivity index is 1.41. The number of methoxy groups -OCH3 is 2. The van der Waals surface area contributed by atoms with E-state index >= 15 is 0 Å². The molecule has 1 aliphatic heterocycles. The van der Waals surface area contributed by atoms with E-state index in [4.69, 9.17) is 9.47 Å². The minimum atomic E-state index is -0.384. The van der Waals surface area contributed by atoms with Crippen molar-refractivity contribution in [3.63, 3.8) is 0 Å². The molecule has 4 atom stereocenters. The molecule has 1 fully saturated rings. The van der Waals surface area contributed by atoms with Crippen molar-refractivity contribution in [1.29, 1.82) is 0 Å². The number of benzene rings is 1. The van der Waals surface area contributed by atoms with E-state index in [-0.39, 0.29) is 24.0 Å². The molecule has 1 saturated carbocycles. The fourth-order valence-electron chi connectivity index (χ4n) is 6.28. The van der Waals surface area contributed by atoms with Crippen molar-refractivity contribution < 1.29 is 24.6 Å². The van der Waals surface area contributed by atoms with Gasteiger partial charge in [0, 0.05) is 18.9 Å². The number of fused-ring (bicyclic) bond motifs is 1. The summed E-state index contributed by atoms with van der Waals surface area (Å²) < 4.78 is 10.9. The van der Waals surface area contributed by atoms with E-state index < -0.39 is 0 Å². The maximum Gasteiger partial charge on any atom is 0.223 e. The van der Waals surface area contributed by atoms with Gasteiger partial charge in [0.25, 0.3) is 0 Å². The molecular formula is C32H50N2O5. The molecule has 0 radical (unpaired) electrons. The molecule has 2 aliphatic rings. The number of carbonyl (C=O) groups is 1. The first kappa shape index (κ1) is 31.0. The third-order valence-corrected chi connectivity index (χ3v) is 8.65. The average molecular weight is 543 g/mol. The number of allylic oxidation sites excluding steroid dienone is 1. The van der Waals surface area contributed by atoms with Crippen LogP contribution in [0, 0.1) is 11.8 Å². The first-order chi connectivity index (χ1) is 18.9. The van der Waals surface area contributed by atoms with Crippen LogP contribution in [0.15, 0.2) is 29.4 Å². The lowest BCUT2D eigenvalue weighted by atomic mass is 9.89. The summed E-state index contributed by atoms with van der Waals surface area (Å²) >= 11 is 0. The highest BCUT2D eigenvalue weighted by Gasteiger charge is 2.32. The Kier molecular flexibility index (Phi) is 12.6. The largest absolute Gasteiger partial charge is 0.493 e. The molecule has 7 nitrogen and oxygen atoms in total. The molecule has 1 heterocycles. The second-order valence-corrected chi connectivity index (χ2v) is 11.2. The highest BCUT2D eigenvalue weighted by atomic mass is 16.5. The van der Waals surface area contributed by atoms with Gasteiger partial charge >= 0.3 is 0 Å². The highest BCUT2D eigenvalue weighted by Crippen LogP contribution is 2.38. The average Bonchev–Trinajstić information content (AvgIpc) is 3.34. The van der Waals surface area contributed by atoms with Crippen LogP contribution in [0.3, 0.4) is 0 Å². The molecule has 3 rings (SSSR count). The Hall–Kier alpha value is -2.54. The van der Waals surface area contributed by atoms with Crippen LogP contribution in [0.5, 0.6) is 11.5 Å². The van der Waals surface area contributed by atoms with Gasteiger partial charge in [-0.1, -0.05) is 62.8 Å². The fourth-order valence-corrected chi connectivity index (χ4v) is 6.28. The third kappa shape index (κ3) is 8.47. The number of hydrogen-bond acceptors (Lipinski definition) is 6. The summed E-state index contributed by atoms with van der Waals surface area (Å²) in [7, 11) is 3.29. The molecule has 0 spiro atoms. The van der Waals surface area contributed by atoms with Crippen LogP contribution in [0.2, 0.25) is 0 Å². The lowest BCUT2D eigenvalue weighted by molar-refractivity contribution is -0.133. The Bertz CT molecular complexity index is 976. The van der Waals surface area contributed by atoms with Crippen molar-refractivity contribution in [2.75, 3.05) is 20.8 Å². The molecule has 39 heavy (non-hydrogen) atoms. The molecule has 1 aromatic carbocycles. The van der Waals surface area contributed by atoms with Crippen molar-refractivity contribution in [1.82, 2.24) is 4.90 Å². The minimum Gasteiger partial charge on any atom is -0.493 e. The Morgan fingerprint density at radius 1 is 1.10 bits per heavy atom. The van der Waals surface area contributed by atoms with Gasteiger partial charge < -0.3 is 24.7 Å². The van der Waals surface area contributed by atoms with Crippen molar-refractivity contribution in [2.24, 2.45) is 17.0 Å². The summed E-state index contributed by atoms with van der Waals surface area (Å²) in [6.07, 6.45) is 16.1. The number of hydrogen-bond donors (Lipinski definition) is 2. The summed E-state index contributed by atoms with van der Waals surface area (Å²) in [4.78, 5) is 15.1. The Morgan fingerprint density at radius 3 is 2.56 bits per heavy atom. The van der Waals surface area contributed by atoms with E-state index in [1.807, 2.05) is 23.1 Å². The predicted molar refractivity (Wildman–Crippen MR) is 156 cm³/mol. The number of ether oxygens (including phenoxy) is 2. The van der Waals surface area contributed by atoms with Crippen LogP contribution in [-0.2, 0) is 11.2 Å². The standard InChI is InChI=1S/C32H50N2O5/c1-5-6-9-12-26(35)17-15-24-16-18-29(33-37)27(24)13-10-7-8-11-14-32(36)34-20-19-25-21-30(38-3)31(39-4)22-28(25)23(34)2/h15,17,21-24,26-27,35,37H,5-14,16,18-20H2,1-4H3/b17-15+,33-29+/t23-,24-,26-,27+/m0/s1. The van der Waals surface area contributed by atoms with Gasteiger partial charge in [-0.2, -0.15) is 0 Å². The first-order valence-electron chi connectivity index (χ1n) is 15.0. The molecule has 0 bridgehead atoms. The minimum absolute atomic E-state index is 0.0229. The van der Waals surface area contributed by atoms with Gasteiger partial charge in [-0.25, -0.2) is 0 Å². The van der Waals surface area contributed by atoms with Gasteiger partial charge in [-0.15, -0.1) is 0 Å². The van der Waals surface area contributed by atoms with Crippen LogP contribution in [0.25, 0.3) is 0 Å².